The van der Waals surface area contributed by atoms with E-state index in [1.54, 1.807) is 38.1 Å². The van der Waals surface area contributed by atoms with E-state index in [0.717, 1.165) is 10.5 Å². The minimum atomic E-state index is -5.08. The van der Waals surface area contributed by atoms with Crippen molar-refractivity contribution < 1.29 is 45.9 Å². The monoisotopic (exact) mass is 625 g/mol. The van der Waals surface area contributed by atoms with Gasteiger partial charge in [0.2, 0.25) is 21.8 Å². The summed E-state index contributed by atoms with van der Waals surface area (Å²) in [7, 11) is -2.32. The average Bonchev–Trinajstić information content (AvgIpc) is 2.89. The zero-order valence-electron chi connectivity index (χ0n) is 23.6. The van der Waals surface area contributed by atoms with Crippen molar-refractivity contribution in [3.63, 3.8) is 0 Å². The van der Waals surface area contributed by atoms with Gasteiger partial charge in [0.1, 0.15) is 17.9 Å². The van der Waals surface area contributed by atoms with Crippen LogP contribution in [0.25, 0.3) is 0 Å². The van der Waals surface area contributed by atoms with Crippen LogP contribution >= 0.6 is 0 Å². The van der Waals surface area contributed by atoms with Gasteiger partial charge in [-0.1, -0.05) is 51.5 Å². The number of aliphatic carboxylic acids is 1. The van der Waals surface area contributed by atoms with Gasteiger partial charge in [0.25, 0.3) is 0 Å². The molecule has 0 aromatic heterocycles. The molecule has 0 fully saturated rings. The molecule has 3 atom stereocenters. The Morgan fingerprint density at radius 3 is 2.00 bits per heavy atom. The van der Waals surface area contributed by atoms with E-state index in [1.807, 2.05) is 6.92 Å². The number of benzene rings is 1. The number of carboxylic acid groups (broad SMARTS) is 1. The number of nitrogens with one attached hydrogen (secondary N) is 4. The van der Waals surface area contributed by atoms with Gasteiger partial charge >= 0.3 is 18.2 Å². The highest BCUT2D eigenvalue weighted by molar-refractivity contribution is 7.89. The molecule has 18 heteroatoms. The van der Waals surface area contributed by atoms with Crippen molar-refractivity contribution in [3.8, 4) is 0 Å². The second-order valence-electron chi connectivity index (χ2n) is 9.21. The zero-order valence-corrected chi connectivity index (χ0v) is 24.4. The summed E-state index contributed by atoms with van der Waals surface area (Å²) in [6.07, 6.45) is -4.19. The Kier molecular flexibility index (Phi) is 15.5. The first-order valence-electron chi connectivity index (χ1n) is 12.6. The minimum absolute atomic E-state index is 0.0803. The summed E-state index contributed by atoms with van der Waals surface area (Å²) in [4.78, 5) is 47.5. The molecule has 0 saturated heterocycles. The van der Waals surface area contributed by atoms with Crippen molar-refractivity contribution >= 4 is 39.7 Å². The molecule has 238 valence electrons. The molecule has 1 aromatic rings. The maximum atomic E-state index is 13.1. The predicted octanol–water partition coefficient (Wildman–Crippen LogP) is 0.460. The number of halogens is 3. The van der Waals surface area contributed by atoms with Gasteiger partial charge in [-0.25, -0.2) is 22.7 Å². The number of sulfonamides is 1. The Morgan fingerprint density at radius 2 is 1.60 bits per heavy atom. The molecule has 0 aliphatic heterocycles. The molecule has 4 amide bonds. The number of nitrogens with two attached hydrogens (primary N) is 2. The topological polar surface area (TPSA) is 238 Å². The first-order valence-corrected chi connectivity index (χ1v) is 14.2. The number of hydrogen-bond donors (Lipinski definition) is 7. The molecule has 0 spiro atoms. The number of rotatable bonds is 14. The number of amides is 4. The predicted molar refractivity (Wildman–Crippen MR) is 148 cm³/mol. The Bertz CT molecular complexity index is 1200. The second kappa shape index (κ2) is 17.1. The van der Waals surface area contributed by atoms with E-state index in [2.05, 4.69) is 15.4 Å². The fourth-order valence-electron chi connectivity index (χ4n) is 3.12. The highest BCUT2D eigenvalue weighted by atomic mass is 32.2. The summed E-state index contributed by atoms with van der Waals surface area (Å²) in [6, 6.07) is 3.61. The standard InChI is InChI=1S/C22H37N7O5S.C2HF3O2/c1-5-11-35(33,34)28-18(14(3)6-2)21(31)27-17(13-29(4)22(25)32)20(30)26-12-15-7-9-16(10-8-15)19(23)24;3-2(4,5)1(6)7/h7-10,14,17-18,28H,5-6,11-13H2,1-4H3,(H3,23,24)(H2,25,32)(H,26,30)(H,27,31);(H,6,7)/t14?,17-,18+;/m0./s1. The van der Waals surface area contributed by atoms with E-state index < -0.39 is 52.1 Å². The number of nitrogens with zero attached hydrogens (tertiary/aromatic N) is 1. The molecule has 0 aliphatic rings. The lowest BCUT2D eigenvalue weighted by molar-refractivity contribution is -0.192. The van der Waals surface area contributed by atoms with Crippen LogP contribution in [0.15, 0.2) is 24.3 Å². The summed E-state index contributed by atoms with van der Waals surface area (Å²) >= 11 is 0. The van der Waals surface area contributed by atoms with Gasteiger partial charge < -0.3 is 32.1 Å². The molecule has 9 N–H and O–H groups in total. The smallest absolute Gasteiger partial charge is 0.475 e. The highest BCUT2D eigenvalue weighted by Crippen LogP contribution is 2.13. The van der Waals surface area contributed by atoms with Gasteiger partial charge in [-0.05, 0) is 17.9 Å². The largest absolute Gasteiger partial charge is 0.490 e. The number of nitrogen functional groups attached to an aromatic ring is 1. The van der Waals surface area contributed by atoms with Crippen molar-refractivity contribution in [1.29, 1.82) is 5.41 Å². The number of carbonyl (C=O) groups is 4. The molecule has 14 nitrogen and oxygen atoms in total. The molecule has 1 aromatic carbocycles. The number of hydrogen-bond acceptors (Lipinski definition) is 7. The number of carbonyl (C=O) groups excluding carboxylic acids is 3. The molecular formula is C24H38F3N7O7S. The maximum absolute atomic E-state index is 13.1. The molecule has 42 heavy (non-hydrogen) atoms. The van der Waals surface area contributed by atoms with E-state index in [0.29, 0.717) is 18.4 Å². The Morgan fingerprint density at radius 1 is 1.07 bits per heavy atom. The quantitative estimate of drug-likeness (QED) is 0.113. The number of carboxylic acids is 1. The summed E-state index contributed by atoms with van der Waals surface area (Å²) in [6.45, 7) is 5.16. The third-order valence-corrected chi connectivity index (χ3v) is 7.27. The van der Waals surface area contributed by atoms with E-state index in [-0.39, 0.29) is 30.6 Å². The normalized spacial score (nSPS) is 13.4. The number of alkyl halides is 3. The second-order valence-corrected chi connectivity index (χ2v) is 11.1. The van der Waals surface area contributed by atoms with E-state index in [1.165, 1.54) is 7.05 Å². The van der Waals surface area contributed by atoms with Crippen LogP contribution in [0.4, 0.5) is 18.0 Å². The van der Waals surface area contributed by atoms with Crippen LogP contribution in [0.5, 0.6) is 0 Å². The van der Waals surface area contributed by atoms with Crippen molar-refractivity contribution in [1.82, 2.24) is 20.3 Å². The van der Waals surface area contributed by atoms with Crippen LogP contribution in [-0.2, 0) is 31.0 Å². The van der Waals surface area contributed by atoms with E-state index in [4.69, 9.17) is 26.8 Å². The van der Waals surface area contributed by atoms with Crippen molar-refractivity contribution in [2.45, 2.75) is 58.4 Å². The lowest BCUT2D eigenvalue weighted by atomic mass is 9.99. The lowest BCUT2D eigenvalue weighted by Crippen LogP contribution is -2.58. The van der Waals surface area contributed by atoms with Gasteiger partial charge in [0.15, 0.2) is 0 Å². The number of urea groups is 1. The van der Waals surface area contributed by atoms with Crippen LogP contribution in [0, 0.1) is 11.3 Å². The molecule has 0 aliphatic carbocycles. The van der Waals surface area contributed by atoms with Crippen molar-refractivity contribution in [3.05, 3.63) is 35.4 Å². The van der Waals surface area contributed by atoms with Gasteiger partial charge in [-0.15, -0.1) is 0 Å². The van der Waals surface area contributed by atoms with Gasteiger partial charge in [0, 0.05) is 19.2 Å². The van der Waals surface area contributed by atoms with E-state index in [9.17, 15) is 36.0 Å². The molecular weight excluding hydrogens is 587 g/mol. The first kappa shape index (κ1) is 38.1. The summed E-state index contributed by atoms with van der Waals surface area (Å²) in [5.41, 5.74) is 12.0. The highest BCUT2D eigenvalue weighted by Gasteiger charge is 2.38. The third kappa shape index (κ3) is 14.1. The Labute approximate surface area is 241 Å². The van der Waals surface area contributed by atoms with E-state index >= 15 is 0 Å². The molecule has 0 heterocycles. The molecule has 1 rings (SSSR count). The number of amidine groups is 1. The van der Waals surface area contributed by atoms with Crippen LogP contribution in [-0.4, -0.2) is 85.7 Å². The van der Waals surface area contributed by atoms with Crippen LogP contribution in [0.2, 0.25) is 0 Å². The summed E-state index contributed by atoms with van der Waals surface area (Å²) in [5, 5.41) is 19.8. The molecule has 1 unspecified atom stereocenters. The zero-order chi connectivity index (χ0) is 32.8. The SMILES string of the molecule is CCCS(=O)(=O)N[C@@H](C(=O)N[C@@H](CN(C)C(N)=O)C(=O)NCc1ccc(C(=N)N)cc1)C(C)CC.O=C(O)C(F)(F)F. The fourth-order valence-corrected chi connectivity index (χ4v) is 4.50. The van der Waals surface area contributed by atoms with Gasteiger partial charge in [-0.3, -0.25) is 15.0 Å². The van der Waals surface area contributed by atoms with Crippen LogP contribution in [0.3, 0.4) is 0 Å². The molecule has 0 bridgehead atoms. The third-order valence-electron chi connectivity index (χ3n) is 5.71. The summed E-state index contributed by atoms with van der Waals surface area (Å²) in [5.74, 6) is -4.58. The Balaban J connectivity index is 0.00000212. The first-order chi connectivity index (χ1) is 19.2. The average molecular weight is 626 g/mol. The van der Waals surface area contributed by atoms with Crippen LogP contribution in [0.1, 0.15) is 44.7 Å². The fraction of sp³-hybridized carbons (Fsp3) is 0.542. The maximum Gasteiger partial charge on any atom is 0.490 e. The van der Waals surface area contributed by atoms with Crippen LogP contribution < -0.4 is 26.8 Å². The summed E-state index contributed by atoms with van der Waals surface area (Å²) < 4.78 is 58.8. The Hall–Kier alpha value is -3.93. The van der Waals surface area contributed by atoms with Gasteiger partial charge in [-0.2, -0.15) is 13.2 Å². The van der Waals surface area contributed by atoms with Gasteiger partial charge in [0.05, 0.1) is 12.3 Å². The van der Waals surface area contributed by atoms with Crippen molar-refractivity contribution in [2.24, 2.45) is 17.4 Å². The number of likely N-dealkylation sites (N-methyl/N-ethyl adjacent to an activating group) is 1. The lowest BCUT2D eigenvalue weighted by Gasteiger charge is -2.28. The molecule has 0 saturated carbocycles. The minimum Gasteiger partial charge on any atom is -0.475 e. The van der Waals surface area contributed by atoms with Crippen molar-refractivity contribution in [2.75, 3.05) is 19.3 Å². The molecule has 0 radical (unpaired) electrons. The number of primary amides is 1.